The first-order valence-electron chi connectivity index (χ1n) is 4.63. The monoisotopic (exact) mass is 206 g/mol. The van der Waals surface area contributed by atoms with Gasteiger partial charge in [0, 0.05) is 6.08 Å². The Balaban J connectivity index is 2.87. The number of hydrogen-bond donors (Lipinski definition) is 1. The normalized spacial score (nSPS) is 11.3. The van der Waals surface area contributed by atoms with E-state index in [1.807, 2.05) is 31.2 Å². The molecular weight excluding hydrogens is 192 g/mol. The van der Waals surface area contributed by atoms with Gasteiger partial charge in [-0.05, 0) is 23.6 Å². The summed E-state index contributed by atoms with van der Waals surface area (Å²) in [6.07, 6.45) is 1.44. The molecule has 0 aromatic heterocycles. The Morgan fingerprint density at radius 2 is 2.00 bits per heavy atom. The van der Waals surface area contributed by atoms with E-state index in [2.05, 4.69) is 4.74 Å². The Morgan fingerprint density at radius 3 is 2.47 bits per heavy atom. The molecule has 0 fully saturated rings. The van der Waals surface area contributed by atoms with Crippen molar-refractivity contribution in [2.24, 2.45) is 0 Å². The number of methoxy groups -OCH3 is 1. The summed E-state index contributed by atoms with van der Waals surface area (Å²) in [6, 6.07) is 7.37. The molecule has 0 spiro atoms. The van der Waals surface area contributed by atoms with Crippen LogP contribution < -0.4 is 0 Å². The highest BCUT2D eigenvalue weighted by Crippen LogP contribution is 2.14. The number of carbonyl (C=O) groups excluding carboxylic acids is 1. The van der Waals surface area contributed by atoms with Gasteiger partial charge in [-0.1, -0.05) is 24.3 Å². The summed E-state index contributed by atoms with van der Waals surface area (Å²) < 4.78 is 4.53. The number of aliphatic hydroxyl groups excluding tert-OH is 1. The maximum Gasteiger partial charge on any atom is 0.330 e. The highest BCUT2D eigenvalue weighted by atomic mass is 16.5. The van der Waals surface area contributed by atoms with Gasteiger partial charge in [-0.2, -0.15) is 0 Å². The van der Waals surface area contributed by atoms with Crippen molar-refractivity contribution in [3.63, 3.8) is 0 Å². The number of allylic oxidation sites excluding steroid dienone is 1. The highest BCUT2D eigenvalue weighted by molar-refractivity contribution is 5.90. The van der Waals surface area contributed by atoms with Crippen molar-refractivity contribution in [1.82, 2.24) is 0 Å². The third-order valence-electron chi connectivity index (χ3n) is 2.13. The SMILES string of the molecule is COC(=O)/C=C(/C)c1ccc(CO)cc1. The zero-order valence-electron chi connectivity index (χ0n) is 8.86. The molecule has 80 valence electrons. The largest absolute Gasteiger partial charge is 0.466 e. The summed E-state index contributed by atoms with van der Waals surface area (Å²) in [7, 11) is 1.35. The van der Waals surface area contributed by atoms with Crippen molar-refractivity contribution in [2.75, 3.05) is 7.11 Å². The van der Waals surface area contributed by atoms with Gasteiger partial charge in [0.25, 0.3) is 0 Å². The quantitative estimate of drug-likeness (QED) is 0.605. The van der Waals surface area contributed by atoms with Crippen LogP contribution in [0.3, 0.4) is 0 Å². The number of hydrogen-bond acceptors (Lipinski definition) is 3. The van der Waals surface area contributed by atoms with Gasteiger partial charge in [0.2, 0.25) is 0 Å². The van der Waals surface area contributed by atoms with Crippen molar-refractivity contribution < 1.29 is 14.6 Å². The number of ether oxygens (including phenoxy) is 1. The summed E-state index contributed by atoms with van der Waals surface area (Å²) in [5, 5.41) is 8.86. The van der Waals surface area contributed by atoms with Crippen molar-refractivity contribution >= 4 is 11.5 Å². The van der Waals surface area contributed by atoms with Crippen LogP contribution in [0, 0.1) is 0 Å². The Kier molecular flexibility index (Phi) is 4.06. The zero-order valence-corrected chi connectivity index (χ0v) is 8.86. The molecule has 1 N–H and O–H groups in total. The third kappa shape index (κ3) is 3.22. The van der Waals surface area contributed by atoms with Crippen molar-refractivity contribution in [3.05, 3.63) is 41.5 Å². The van der Waals surface area contributed by atoms with Crippen LogP contribution in [0.25, 0.3) is 5.57 Å². The molecule has 0 bridgehead atoms. The zero-order chi connectivity index (χ0) is 11.3. The van der Waals surface area contributed by atoms with Crippen LogP contribution in [-0.2, 0) is 16.1 Å². The minimum atomic E-state index is -0.362. The molecule has 1 aromatic rings. The molecule has 0 atom stereocenters. The predicted molar refractivity (Wildman–Crippen MR) is 58.0 cm³/mol. The van der Waals surface area contributed by atoms with Crippen LogP contribution >= 0.6 is 0 Å². The molecule has 0 radical (unpaired) electrons. The summed E-state index contributed by atoms with van der Waals surface area (Å²) in [4.78, 5) is 11.0. The fourth-order valence-corrected chi connectivity index (χ4v) is 1.19. The Morgan fingerprint density at radius 1 is 1.40 bits per heavy atom. The molecule has 0 heterocycles. The average Bonchev–Trinajstić information content (AvgIpc) is 2.29. The first kappa shape index (κ1) is 11.5. The van der Waals surface area contributed by atoms with Gasteiger partial charge in [0.1, 0.15) is 0 Å². The topological polar surface area (TPSA) is 46.5 Å². The molecule has 1 rings (SSSR count). The first-order chi connectivity index (χ1) is 7.17. The maximum atomic E-state index is 11.0. The van der Waals surface area contributed by atoms with Gasteiger partial charge in [-0.15, -0.1) is 0 Å². The second-order valence-corrected chi connectivity index (χ2v) is 3.21. The number of rotatable bonds is 3. The van der Waals surface area contributed by atoms with Gasteiger partial charge in [-0.3, -0.25) is 0 Å². The molecule has 0 aliphatic heterocycles. The van der Waals surface area contributed by atoms with E-state index in [1.165, 1.54) is 13.2 Å². The third-order valence-corrected chi connectivity index (χ3v) is 2.13. The van der Waals surface area contributed by atoms with Crippen molar-refractivity contribution in [3.8, 4) is 0 Å². The number of esters is 1. The highest BCUT2D eigenvalue weighted by Gasteiger charge is 1.99. The van der Waals surface area contributed by atoms with Gasteiger partial charge in [-0.25, -0.2) is 4.79 Å². The fourth-order valence-electron chi connectivity index (χ4n) is 1.19. The molecule has 0 saturated carbocycles. The van der Waals surface area contributed by atoms with Gasteiger partial charge in [0.15, 0.2) is 0 Å². The van der Waals surface area contributed by atoms with Gasteiger partial charge >= 0.3 is 5.97 Å². The van der Waals surface area contributed by atoms with E-state index in [9.17, 15) is 4.79 Å². The first-order valence-corrected chi connectivity index (χ1v) is 4.63. The molecule has 0 unspecified atom stereocenters. The average molecular weight is 206 g/mol. The smallest absolute Gasteiger partial charge is 0.330 e. The van der Waals surface area contributed by atoms with E-state index in [0.29, 0.717) is 0 Å². The van der Waals surface area contributed by atoms with E-state index in [0.717, 1.165) is 16.7 Å². The molecule has 3 heteroatoms. The minimum absolute atomic E-state index is 0.0278. The molecule has 0 aliphatic carbocycles. The molecule has 0 saturated heterocycles. The van der Waals surface area contributed by atoms with Gasteiger partial charge in [0.05, 0.1) is 13.7 Å². The maximum absolute atomic E-state index is 11.0. The van der Waals surface area contributed by atoms with E-state index in [-0.39, 0.29) is 12.6 Å². The van der Waals surface area contributed by atoms with Crippen molar-refractivity contribution in [2.45, 2.75) is 13.5 Å². The molecule has 15 heavy (non-hydrogen) atoms. The van der Waals surface area contributed by atoms with Gasteiger partial charge < -0.3 is 9.84 Å². The lowest BCUT2D eigenvalue weighted by Crippen LogP contribution is -1.95. The molecule has 3 nitrogen and oxygen atoms in total. The molecular formula is C12H14O3. The standard InChI is InChI=1S/C12H14O3/c1-9(7-12(14)15-2)11-5-3-10(8-13)4-6-11/h3-7,13H,8H2,1-2H3/b9-7-. The van der Waals surface area contributed by atoms with Crippen LogP contribution in [-0.4, -0.2) is 18.2 Å². The van der Waals surface area contributed by atoms with Crippen LogP contribution in [0.4, 0.5) is 0 Å². The predicted octanol–water partition coefficient (Wildman–Crippen LogP) is 1.76. The summed E-state index contributed by atoms with van der Waals surface area (Å²) in [5.74, 6) is -0.362. The van der Waals surface area contributed by atoms with Crippen LogP contribution in [0.5, 0.6) is 0 Å². The van der Waals surface area contributed by atoms with E-state index in [4.69, 9.17) is 5.11 Å². The van der Waals surface area contributed by atoms with E-state index < -0.39 is 0 Å². The van der Waals surface area contributed by atoms with Crippen LogP contribution in [0.1, 0.15) is 18.1 Å². The lowest BCUT2D eigenvalue weighted by Gasteiger charge is -2.02. The fraction of sp³-hybridized carbons (Fsp3) is 0.250. The second-order valence-electron chi connectivity index (χ2n) is 3.21. The number of aliphatic hydroxyl groups is 1. The molecule has 0 amide bonds. The molecule has 1 aromatic carbocycles. The Hall–Kier alpha value is -1.61. The summed E-state index contributed by atoms with van der Waals surface area (Å²) >= 11 is 0. The number of carbonyl (C=O) groups is 1. The lowest BCUT2D eigenvalue weighted by atomic mass is 10.1. The van der Waals surface area contributed by atoms with Crippen LogP contribution in [0.15, 0.2) is 30.3 Å². The van der Waals surface area contributed by atoms with E-state index in [1.54, 1.807) is 0 Å². The lowest BCUT2D eigenvalue weighted by molar-refractivity contribution is -0.134. The Bertz CT molecular complexity index is 363. The molecule has 0 aliphatic rings. The van der Waals surface area contributed by atoms with E-state index >= 15 is 0 Å². The Labute approximate surface area is 89.0 Å². The summed E-state index contributed by atoms with van der Waals surface area (Å²) in [6.45, 7) is 1.87. The minimum Gasteiger partial charge on any atom is -0.466 e. The second kappa shape index (κ2) is 5.32. The number of benzene rings is 1. The van der Waals surface area contributed by atoms with Crippen LogP contribution in [0.2, 0.25) is 0 Å². The van der Waals surface area contributed by atoms with Crippen molar-refractivity contribution in [1.29, 1.82) is 0 Å². The summed E-state index contributed by atoms with van der Waals surface area (Å²) in [5.41, 5.74) is 2.63.